The number of benzene rings is 2. The van der Waals surface area contributed by atoms with Crippen LogP contribution in [-0.4, -0.2) is 37.6 Å². The maximum Gasteiger partial charge on any atom is 0.270 e. The summed E-state index contributed by atoms with van der Waals surface area (Å²) in [7, 11) is -3.93. The Bertz CT molecular complexity index is 1260. The summed E-state index contributed by atoms with van der Waals surface area (Å²) in [6, 6.07) is 14.0. The summed E-state index contributed by atoms with van der Waals surface area (Å²) < 4.78 is 28.1. The van der Waals surface area contributed by atoms with Crippen molar-refractivity contribution in [3.05, 3.63) is 64.7 Å². The highest BCUT2D eigenvalue weighted by atomic mass is 35.5. The number of nitrogens with one attached hydrogen (secondary N) is 2. The number of anilines is 2. The van der Waals surface area contributed by atoms with E-state index >= 15 is 0 Å². The Morgan fingerprint density at radius 3 is 2.47 bits per heavy atom. The van der Waals surface area contributed by atoms with Crippen LogP contribution in [0.4, 0.5) is 10.8 Å². The first-order valence-electron chi connectivity index (χ1n) is 11.0. The Hall–Kier alpha value is -2.53. The molecule has 2 heterocycles. The Morgan fingerprint density at radius 1 is 1.12 bits per heavy atom. The van der Waals surface area contributed by atoms with Crippen molar-refractivity contribution in [1.82, 2.24) is 14.9 Å². The van der Waals surface area contributed by atoms with Crippen LogP contribution >= 0.6 is 22.9 Å². The molecular formula is C23H26ClN5O3S2. The van der Waals surface area contributed by atoms with Gasteiger partial charge in [-0.15, -0.1) is 10.2 Å². The van der Waals surface area contributed by atoms with Gasteiger partial charge in [-0.1, -0.05) is 54.1 Å². The highest BCUT2D eigenvalue weighted by molar-refractivity contribution is 7.91. The third kappa shape index (κ3) is 5.75. The van der Waals surface area contributed by atoms with Crippen LogP contribution in [0.2, 0.25) is 5.02 Å². The maximum atomic E-state index is 12.8. The van der Waals surface area contributed by atoms with Crippen LogP contribution in [0.15, 0.2) is 52.9 Å². The number of carbonyl (C=O) groups is 1. The van der Waals surface area contributed by atoms with Gasteiger partial charge in [-0.2, -0.15) is 0 Å². The van der Waals surface area contributed by atoms with Gasteiger partial charge in [0.05, 0.1) is 10.6 Å². The van der Waals surface area contributed by atoms with Gasteiger partial charge >= 0.3 is 0 Å². The smallest absolute Gasteiger partial charge is 0.270 e. The maximum absolute atomic E-state index is 12.8. The van der Waals surface area contributed by atoms with Gasteiger partial charge in [0.25, 0.3) is 15.9 Å². The Kier molecular flexibility index (Phi) is 7.51. The monoisotopic (exact) mass is 519 g/mol. The molecular weight excluding hydrogens is 494 g/mol. The highest BCUT2D eigenvalue weighted by Gasteiger charge is 2.24. The van der Waals surface area contributed by atoms with Crippen LogP contribution in [0.1, 0.15) is 48.7 Å². The molecule has 1 amide bonds. The van der Waals surface area contributed by atoms with Crippen molar-refractivity contribution in [3.8, 4) is 0 Å². The van der Waals surface area contributed by atoms with Gasteiger partial charge in [-0.05, 0) is 55.5 Å². The van der Waals surface area contributed by atoms with E-state index in [9.17, 15) is 13.2 Å². The summed E-state index contributed by atoms with van der Waals surface area (Å²) in [6.07, 6.45) is 2.36. The number of carbonyl (C=O) groups excluding carboxylic acids is 1. The van der Waals surface area contributed by atoms with Crippen molar-refractivity contribution >= 4 is 49.7 Å². The Morgan fingerprint density at radius 2 is 1.79 bits per heavy atom. The zero-order chi connectivity index (χ0) is 24.3. The lowest BCUT2D eigenvalue weighted by molar-refractivity contribution is 0.102. The fraction of sp³-hybridized carbons (Fsp3) is 0.348. The van der Waals surface area contributed by atoms with Crippen LogP contribution in [-0.2, 0) is 10.0 Å². The normalized spacial score (nSPS) is 15.8. The number of piperidine rings is 1. The van der Waals surface area contributed by atoms with Crippen molar-refractivity contribution in [1.29, 1.82) is 0 Å². The Labute approximate surface area is 208 Å². The molecule has 1 aliphatic rings. The number of hydrogen-bond acceptors (Lipinski definition) is 7. The number of amides is 1. The molecule has 4 rings (SSSR count). The topological polar surface area (TPSA) is 104 Å². The van der Waals surface area contributed by atoms with E-state index in [1.807, 2.05) is 24.3 Å². The van der Waals surface area contributed by atoms with Crippen molar-refractivity contribution in [3.63, 3.8) is 0 Å². The molecule has 0 bridgehead atoms. The average Bonchev–Trinajstić information content (AvgIpc) is 3.29. The molecule has 0 saturated carbocycles. The van der Waals surface area contributed by atoms with Crippen molar-refractivity contribution in [2.75, 3.05) is 23.3 Å². The predicted octanol–water partition coefficient (Wildman–Crippen LogP) is 4.72. The number of hydrogen-bond donors (Lipinski definition) is 2. The van der Waals surface area contributed by atoms with E-state index in [1.165, 1.54) is 12.8 Å². The highest BCUT2D eigenvalue weighted by Crippen LogP contribution is 2.27. The third-order valence-corrected chi connectivity index (χ3v) is 8.93. The van der Waals surface area contributed by atoms with Crippen LogP contribution in [0.3, 0.4) is 0 Å². The van der Waals surface area contributed by atoms with E-state index in [0.717, 1.165) is 41.6 Å². The molecule has 0 spiro atoms. The number of sulfonamides is 1. The van der Waals surface area contributed by atoms with Gasteiger partial charge in [-0.3, -0.25) is 10.1 Å². The molecule has 8 nitrogen and oxygen atoms in total. The molecule has 1 aliphatic heterocycles. The van der Waals surface area contributed by atoms with E-state index in [1.54, 1.807) is 31.2 Å². The Balaban J connectivity index is 1.39. The quantitative estimate of drug-likeness (QED) is 0.438. The summed E-state index contributed by atoms with van der Waals surface area (Å²) in [5.74, 6) is 0.269. The first kappa shape index (κ1) is 24.6. The summed E-state index contributed by atoms with van der Waals surface area (Å²) in [6.45, 7) is 6.13. The van der Waals surface area contributed by atoms with Crippen LogP contribution < -0.4 is 14.9 Å². The summed E-state index contributed by atoms with van der Waals surface area (Å²) >= 11 is 6.81. The van der Waals surface area contributed by atoms with E-state index in [2.05, 4.69) is 32.1 Å². The van der Waals surface area contributed by atoms with E-state index < -0.39 is 22.0 Å². The van der Waals surface area contributed by atoms with Gasteiger partial charge < -0.3 is 4.90 Å². The number of rotatable bonds is 7. The average molecular weight is 520 g/mol. The molecule has 11 heteroatoms. The van der Waals surface area contributed by atoms with Gasteiger partial charge in [0.15, 0.2) is 0 Å². The molecule has 0 unspecified atom stereocenters. The second-order valence-corrected chi connectivity index (χ2v) is 11.7. The van der Waals surface area contributed by atoms with Crippen molar-refractivity contribution in [2.45, 2.75) is 37.1 Å². The molecule has 180 valence electrons. The molecule has 1 saturated heterocycles. The standard InChI is InChI=1S/C23H26ClN5O3S2/c1-15-11-13-29(14-12-15)18-9-7-17(8-10-18)16(2)28-34(31,32)23-27-26-22(33-23)25-21(30)19-5-3-4-6-20(19)24/h3-10,15-16,28H,11-14H2,1-2H3,(H,25,26,30)/t16-/m0/s1. The number of aromatic nitrogens is 2. The van der Waals surface area contributed by atoms with Crippen LogP contribution in [0.25, 0.3) is 0 Å². The minimum Gasteiger partial charge on any atom is -0.372 e. The molecule has 1 fully saturated rings. The molecule has 2 N–H and O–H groups in total. The van der Waals surface area contributed by atoms with E-state index in [4.69, 9.17) is 11.6 Å². The SMILES string of the molecule is CC1CCN(c2ccc([C@H](C)NS(=O)(=O)c3nnc(NC(=O)c4ccccc4Cl)s3)cc2)CC1. The largest absolute Gasteiger partial charge is 0.372 e. The minimum atomic E-state index is -3.93. The third-order valence-electron chi connectivity index (χ3n) is 5.85. The lowest BCUT2D eigenvalue weighted by Gasteiger charge is -2.32. The van der Waals surface area contributed by atoms with Crippen molar-refractivity contribution in [2.24, 2.45) is 5.92 Å². The first-order valence-corrected chi connectivity index (χ1v) is 13.7. The summed E-state index contributed by atoms with van der Waals surface area (Å²) in [5.41, 5.74) is 2.25. The van der Waals surface area contributed by atoms with Crippen LogP contribution in [0.5, 0.6) is 0 Å². The second kappa shape index (κ2) is 10.4. The lowest BCUT2D eigenvalue weighted by atomic mass is 9.98. The molecule has 3 aromatic rings. The summed E-state index contributed by atoms with van der Waals surface area (Å²) in [4.78, 5) is 14.7. The zero-order valence-corrected chi connectivity index (χ0v) is 21.3. The number of nitrogens with zero attached hydrogens (tertiary/aromatic N) is 3. The van der Waals surface area contributed by atoms with Crippen LogP contribution in [0, 0.1) is 5.92 Å². The fourth-order valence-corrected chi connectivity index (χ4v) is 6.14. The molecule has 1 aromatic heterocycles. The second-order valence-electron chi connectivity index (χ2n) is 8.41. The van der Waals surface area contributed by atoms with Gasteiger partial charge in [-0.25, -0.2) is 13.1 Å². The molecule has 34 heavy (non-hydrogen) atoms. The molecule has 1 atom stereocenters. The van der Waals surface area contributed by atoms with Gasteiger partial charge in [0.1, 0.15) is 0 Å². The van der Waals surface area contributed by atoms with E-state index in [-0.39, 0.29) is 20.1 Å². The number of halogens is 1. The van der Waals surface area contributed by atoms with E-state index in [0.29, 0.717) is 0 Å². The fourth-order valence-electron chi connectivity index (χ4n) is 3.77. The minimum absolute atomic E-state index is 0.0677. The predicted molar refractivity (Wildman–Crippen MR) is 135 cm³/mol. The molecule has 2 aromatic carbocycles. The molecule has 0 aliphatic carbocycles. The van der Waals surface area contributed by atoms with Gasteiger partial charge in [0, 0.05) is 24.8 Å². The van der Waals surface area contributed by atoms with Crippen molar-refractivity contribution < 1.29 is 13.2 Å². The first-order chi connectivity index (χ1) is 16.2. The van der Waals surface area contributed by atoms with Gasteiger partial charge in [0.2, 0.25) is 9.47 Å². The lowest BCUT2D eigenvalue weighted by Crippen LogP contribution is -2.32. The molecule has 0 radical (unpaired) electrons. The zero-order valence-electron chi connectivity index (χ0n) is 18.9. The summed E-state index contributed by atoms with van der Waals surface area (Å²) in [5, 5.41) is 10.4.